The van der Waals surface area contributed by atoms with E-state index in [1.165, 1.54) is 7.22 Å². The van der Waals surface area contributed by atoms with Gasteiger partial charge in [-0.25, -0.2) is 0 Å². The Morgan fingerprint density at radius 3 is 1.40 bits per heavy atom. The maximum absolute atomic E-state index is 11.6. The van der Waals surface area contributed by atoms with Gasteiger partial charge in [0.15, 0.2) is 0 Å². The van der Waals surface area contributed by atoms with Gasteiger partial charge in [0.25, 0.3) is 0 Å². The Labute approximate surface area is 135 Å². The predicted octanol–water partition coefficient (Wildman–Crippen LogP) is 1.37. The first-order valence-electron chi connectivity index (χ1n) is 6.14. The summed E-state index contributed by atoms with van der Waals surface area (Å²) in [6.07, 6.45) is 0. The van der Waals surface area contributed by atoms with Crippen molar-refractivity contribution < 1.29 is 9.59 Å². The van der Waals surface area contributed by atoms with Crippen molar-refractivity contribution in [1.29, 1.82) is 0 Å². The van der Waals surface area contributed by atoms with Crippen molar-refractivity contribution in [2.75, 3.05) is 0 Å². The second kappa shape index (κ2) is 7.39. The molecular formula is C16H14O2Te2. The van der Waals surface area contributed by atoms with E-state index in [1.54, 1.807) is 13.8 Å². The van der Waals surface area contributed by atoms with E-state index in [0.29, 0.717) is 0 Å². The van der Waals surface area contributed by atoms with Gasteiger partial charge < -0.3 is 0 Å². The molecule has 0 N–H and O–H groups in total. The Hall–Kier alpha value is -0.641. The Balaban J connectivity index is 2.22. The number of carbonyl (C=O) groups is 2. The van der Waals surface area contributed by atoms with Crippen molar-refractivity contribution in [3.63, 3.8) is 0 Å². The van der Waals surface area contributed by atoms with Crippen molar-refractivity contribution in [1.82, 2.24) is 0 Å². The van der Waals surface area contributed by atoms with Crippen molar-refractivity contribution in [2.24, 2.45) is 0 Å². The average Bonchev–Trinajstić information content (AvgIpc) is 2.45. The molecule has 0 saturated heterocycles. The van der Waals surface area contributed by atoms with E-state index in [9.17, 15) is 9.59 Å². The third-order valence-electron chi connectivity index (χ3n) is 2.75. The molecule has 2 rings (SSSR count). The molecule has 0 heterocycles. The van der Waals surface area contributed by atoms with E-state index >= 15 is 0 Å². The number of ketones is 2. The van der Waals surface area contributed by atoms with Gasteiger partial charge in [-0.05, 0) is 0 Å². The van der Waals surface area contributed by atoms with Crippen LogP contribution in [0.4, 0.5) is 0 Å². The van der Waals surface area contributed by atoms with Gasteiger partial charge in [-0.2, -0.15) is 0 Å². The van der Waals surface area contributed by atoms with E-state index in [0.717, 1.165) is 11.1 Å². The summed E-state index contributed by atoms with van der Waals surface area (Å²) in [5, 5.41) is 0. The van der Waals surface area contributed by atoms with Gasteiger partial charge in [-0.1, -0.05) is 0 Å². The molecule has 2 nitrogen and oxygen atoms in total. The fraction of sp³-hybridized carbons (Fsp3) is 0.125. The summed E-state index contributed by atoms with van der Waals surface area (Å²) >= 11 is -0.780. The van der Waals surface area contributed by atoms with Crippen LogP contribution >= 0.6 is 0 Å². The van der Waals surface area contributed by atoms with Gasteiger partial charge in [0, 0.05) is 0 Å². The second-order valence-electron chi connectivity index (χ2n) is 4.27. The summed E-state index contributed by atoms with van der Waals surface area (Å²) in [7, 11) is 0. The van der Waals surface area contributed by atoms with Crippen LogP contribution in [0.25, 0.3) is 0 Å². The van der Waals surface area contributed by atoms with Crippen molar-refractivity contribution >= 4 is 52.9 Å². The van der Waals surface area contributed by atoms with Gasteiger partial charge >= 0.3 is 136 Å². The molecule has 4 heteroatoms. The fourth-order valence-electron chi connectivity index (χ4n) is 1.75. The summed E-state index contributed by atoms with van der Waals surface area (Å²) in [4.78, 5) is 23.3. The zero-order valence-corrected chi connectivity index (χ0v) is 15.9. The van der Waals surface area contributed by atoms with Gasteiger partial charge in [0.05, 0.1) is 0 Å². The van der Waals surface area contributed by atoms with Crippen LogP contribution in [0.2, 0.25) is 0 Å². The Morgan fingerprint density at radius 1 is 0.700 bits per heavy atom. The molecule has 0 amide bonds. The van der Waals surface area contributed by atoms with Crippen molar-refractivity contribution in [2.45, 2.75) is 13.8 Å². The Bertz CT molecular complexity index is 593. The molecule has 102 valence electrons. The van der Waals surface area contributed by atoms with Crippen LogP contribution in [0.3, 0.4) is 0 Å². The molecule has 0 saturated carbocycles. The van der Waals surface area contributed by atoms with Gasteiger partial charge in [0.1, 0.15) is 0 Å². The van der Waals surface area contributed by atoms with E-state index in [-0.39, 0.29) is 11.6 Å². The first-order chi connectivity index (χ1) is 9.59. The van der Waals surface area contributed by atoms with Gasteiger partial charge in [0.2, 0.25) is 0 Å². The Morgan fingerprint density at radius 2 is 1.05 bits per heavy atom. The summed E-state index contributed by atoms with van der Waals surface area (Å²) in [6, 6.07) is 15.8. The van der Waals surface area contributed by atoms with E-state index in [2.05, 4.69) is 12.1 Å². The molecule has 20 heavy (non-hydrogen) atoms. The number of rotatable bonds is 5. The quantitative estimate of drug-likeness (QED) is 0.466. The number of benzene rings is 2. The topological polar surface area (TPSA) is 34.1 Å². The van der Waals surface area contributed by atoms with Crippen LogP contribution in [0.5, 0.6) is 0 Å². The summed E-state index contributed by atoms with van der Waals surface area (Å²) in [5.41, 5.74) is 1.72. The molecule has 0 aliphatic carbocycles. The van der Waals surface area contributed by atoms with Crippen LogP contribution in [-0.4, -0.2) is 45.7 Å². The predicted molar refractivity (Wildman–Crippen MR) is 83.7 cm³/mol. The summed E-state index contributed by atoms with van der Waals surface area (Å²) in [5.74, 6) is 0.274. The molecule has 0 bridgehead atoms. The maximum atomic E-state index is 11.6. The second-order valence-corrected chi connectivity index (χ2v) is 14.1. The van der Waals surface area contributed by atoms with E-state index in [4.69, 9.17) is 0 Å². The van der Waals surface area contributed by atoms with Gasteiger partial charge in [-0.3, -0.25) is 0 Å². The normalized spacial score (nSPS) is 10.3. The first-order valence-corrected chi connectivity index (χ1v) is 15.8. The molecule has 0 aliphatic rings. The molecule has 0 unspecified atom stereocenters. The minimum absolute atomic E-state index is 0.137. The van der Waals surface area contributed by atoms with E-state index in [1.807, 2.05) is 36.4 Å². The third kappa shape index (κ3) is 3.94. The zero-order chi connectivity index (χ0) is 14.5. The molecule has 2 aromatic rings. The van der Waals surface area contributed by atoms with Crippen LogP contribution in [0, 0.1) is 0 Å². The van der Waals surface area contributed by atoms with Crippen LogP contribution in [0.15, 0.2) is 48.5 Å². The van der Waals surface area contributed by atoms with Crippen LogP contribution in [-0.2, 0) is 0 Å². The summed E-state index contributed by atoms with van der Waals surface area (Å²) in [6.45, 7) is 3.24. The fourth-order valence-corrected chi connectivity index (χ4v) is 13.8. The van der Waals surface area contributed by atoms with Gasteiger partial charge in [-0.15, -0.1) is 0 Å². The van der Waals surface area contributed by atoms with Crippen LogP contribution in [0.1, 0.15) is 34.6 Å². The van der Waals surface area contributed by atoms with E-state index < -0.39 is 34.1 Å². The van der Waals surface area contributed by atoms with Crippen LogP contribution < -0.4 is 7.22 Å². The van der Waals surface area contributed by atoms with Crippen molar-refractivity contribution in [3.05, 3.63) is 59.7 Å². The molecule has 0 radical (unpaired) electrons. The molecule has 0 aliphatic heterocycles. The first kappa shape index (κ1) is 15.7. The number of hydrogen-bond acceptors (Lipinski definition) is 2. The molecule has 0 atom stereocenters. The molecule has 0 aromatic heterocycles. The minimum atomic E-state index is -0.390. The Kier molecular flexibility index (Phi) is 5.82. The van der Waals surface area contributed by atoms with Crippen molar-refractivity contribution in [3.8, 4) is 0 Å². The number of carbonyl (C=O) groups excluding carboxylic acids is 2. The molecule has 0 spiro atoms. The molecule has 2 aromatic carbocycles. The zero-order valence-electron chi connectivity index (χ0n) is 11.3. The standard InChI is InChI=1S/C16H14O2Te2/c1-11(17)13-7-3-5-9-15(13)19-20-16-10-6-4-8-14(16)12(2)18/h3-10H,1-2H3. The number of Topliss-reactive ketones (excluding diaryl/α,β-unsaturated/α-hetero) is 2. The third-order valence-corrected chi connectivity index (χ3v) is 14.5. The average molecular weight is 493 g/mol. The SMILES string of the molecule is CC(=O)c1ccccc1[Te][Te]c1ccccc1C(C)=O. The molecular weight excluding hydrogens is 479 g/mol. The monoisotopic (exact) mass is 498 g/mol. The molecule has 0 fully saturated rings. The summed E-state index contributed by atoms with van der Waals surface area (Å²) < 4.78 is 2.46. The number of hydrogen-bond donors (Lipinski definition) is 0.